The Morgan fingerprint density at radius 1 is 0.647 bits per heavy atom. The maximum atomic E-state index is 14.1. The zero-order valence-corrected chi connectivity index (χ0v) is 77.5. The Morgan fingerprint density at radius 3 is 1.96 bits per heavy atom. The number of hydrogen-bond donors (Lipinski definition) is 10. The van der Waals surface area contributed by atoms with Crippen molar-refractivity contribution in [3.05, 3.63) is 219 Å². The number of aromatic amines is 1. The Labute approximate surface area is 793 Å². The quantitative estimate of drug-likeness (QED) is 0.00861. The molecule has 6 aromatic carbocycles. The zero-order chi connectivity index (χ0) is 95.8. The molecule has 0 spiro atoms. The first-order valence-electron chi connectivity index (χ1n) is 45.0. The molecule has 4 fully saturated rings. The number of carboxylic acid groups (broad SMARTS) is 1. The minimum absolute atomic E-state index is 0.00763. The van der Waals surface area contributed by atoms with Gasteiger partial charge in [0.25, 0.3) is 17.4 Å². The lowest BCUT2D eigenvalue weighted by Gasteiger charge is -2.45. The van der Waals surface area contributed by atoms with Crippen molar-refractivity contribution < 1.29 is 86.3 Å². The van der Waals surface area contributed by atoms with Crippen molar-refractivity contribution in [3.8, 4) is 28.7 Å². The molecule has 3 aromatic heterocycles. The van der Waals surface area contributed by atoms with Gasteiger partial charge < -0.3 is 90.7 Å². The number of anilines is 2. The molecule has 136 heavy (non-hydrogen) atoms. The number of aromatic nitrogens is 4. The summed E-state index contributed by atoms with van der Waals surface area (Å²) in [6.07, 6.45) is 7.35. The van der Waals surface area contributed by atoms with E-state index in [1.54, 1.807) is 66.3 Å². The number of imide groups is 2. The number of amides is 12. The predicted molar refractivity (Wildman–Crippen MR) is 507 cm³/mol. The van der Waals surface area contributed by atoms with Gasteiger partial charge in [0, 0.05) is 122 Å². The van der Waals surface area contributed by atoms with Crippen LogP contribution in [0.2, 0.25) is 0 Å². The molecule has 1 saturated carbocycles. The Morgan fingerprint density at radius 2 is 1.29 bits per heavy atom. The summed E-state index contributed by atoms with van der Waals surface area (Å²) in [5.41, 5.74) is 3.68. The molecule has 0 radical (unpaired) electrons. The van der Waals surface area contributed by atoms with Crippen molar-refractivity contribution >= 4 is 128 Å². The molecule has 3 atom stereocenters. The van der Waals surface area contributed by atoms with Crippen molar-refractivity contribution in [2.75, 3.05) is 129 Å². The fourth-order valence-corrected chi connectivity index (χ4v) is 18.5. The lowest BCUT2D eigenvalue weighted by Crippen LogP contribution is -2.57. The number of pyridine rings is 1. The number of ether oxygens (including phenoxy) is 5. The van der Waals surface area contributed by atoms with Crippen molar-refractivity contribution in [3.63, 3.8) is 0 Å². The molecule has 14 rings (SSSR count). The van der Waals surface area contributed by atoms with Crippen molar-refractivity contribution in [2.24, 2.45) is 7.05 Å². The summed E-state index contributed by atoms with van der Waals surface area (Å²) in [5, 5.41) is 32.2. The van der Waals surface area contributed by atoms with Gasteiger partial charge in [0.15, 0.2) is 5.60 Å². The molecular weight excluding hydrogens is 1780 g/mol. The van der Waals surface area contributed by atoms with Gasteiger partial charge in [0.05, 0.1) is 112 Å². The zero-order valence-electron chi connectivity index (χ0n) is 75.8. The van der Waals surface area contributed by atoms with Gasteiger partial charge in [0.2, 0.25) is 53.2 Å². The summed E-state index contributed by atoms with van der Waals surface area (Å²) in [5.74, 6) is -0.133. The number of benzene rings is 6. The molecule has 9 aromatic rings. The second kappa shape index (κ2) is 46.5. The number of aryl methyl sites for hydroxylation is 1. The fourth-order valence-electron chi connectivity index (χ4n) is 16.5. The Bertz CT molecular complexity index is 5960. The molecule has 10 N–H and O–H groups in total. The maximum absolute atomic E-state index is 14.1. The molecule has 1 aliphatic carbocycles. The van der Waals surface area contributed by atoms with E-state index in [-0.39, 0.29) is 95.4 Å². The van der Waals surface area contributed by atoms with Gasteiger partial charge in [-0.25, -0.2) is 19.7 Å². The first kappa shape index (κ1) is 98.3. The first-order valence-corrected chi connectivity index (χ1v) is 46.7. The molecule has 7 heterocycles. The maximum Gasteiger partial charge on any atom is 0.332 e. The Balaban J connectivity index is 0.565. The lowest BCUT2D eigenvalue weighted by molar-refractivity contribution is -0.141. The second-order valence-corrected chi connectivity index (χ2v) is 35.8. The molecular formula is C98H109N17O19S2. The first-order chi connectivity index (χ1) is 65.8. The number of hydrogen-bond acceptors (Lipinski definition) is 25. The number of methoxy groups -OCH3 is 1. The SMILES string of the molecule is COc1ccc(C#CCNC2(C)CCN(C3CCN(c4nc([C@@](COCNC(=O)CNC(=O)[C@H](Cc5ccccc5)NC(=O)CNC(=O)CNC(=O)CCOCCOCCN5C(=O)C(Sc6ccccc6)=C(Sc6ccccc6)C5=O)(OC5CC5)c5ccccc5)c5cc(-c6cn(C)c(=O)c7[nH]ccc67)ccc5n4)CC3)CC2)cc1N1CCC(=O)N(CNC(=O)[C@H](CC(=O)O)NC(C)=O)C1=O. The Hall–Kier alpha value is -13.7. The van der Waals surface area contributed by atoms with Crippen LogP contribution < -0.4 is 62.6 Å². The average Bonchev–Trinajstić information content (AvgIpc) is 1.20. The number of nitrogens with one attached hydrogen (secondary N) is 9. The number of rotatable bonds is 44. The topological polar surface area (TPSA) is 447 Å². The van der Waals surface area contributed by atoms with Gasteiger partial charge in [-0.05, 0) is 123 Å². The van der Waals surface area contributed by atoms with E-state index in [0.29, 0.717) is 80.1 Å². The molecule has 12 amide bonds. The van der Waals surface area contributed by atoms with Gasteiger partial charge in [0.1, 0.15) is 36.7 Å². The van der Waals surface area contributed by atoms with E-state index >= 15 is 0 Å². The fraction of sp³-hybridized carbons (Fsp3) is 0.378. The van der Waals surface area contributed by atoms with E-state index in [1.165, 1.54) is 40.4 Å². The van der Waals surface area contributed by atoms with Crippen molar-refractivity contribution in [1.29, 1.82) is 0 Å². The van der Waals surface area contributed by atoms with Crippen LogP contribution in [0.25, 0.3) is 32.9 Å². The molecule has 38 heteroatoms. The summed E-state index contributed by atoms with van der Waals surface area (Å²) >= 11 is 2.48. The Kier molecular flexibility index (Phi) is 33.7. The number of H-pyrrole nitrogens is 1. The normalized spacial score (nSPS) is 16.1. The minimum Gasteiger partial charge on any atom is -0.495 e. The summed E-state index contributed by atoms with van der Waals surface area (Å²) in [7, 11) is 3.16. The van der Waals surface area contributed by atoms with Crippen LogP contribution in [-0.4, -0.2) is 259 Å². The van der Waals surface area contributed by atoms with E-state index in [4.69, 9.17) is 33.7 Å². The number of thioether (sulfide) groups is 2. The third-order valence-electron chi connectivity index (χ3n) is 23.9. The van der Waals surface area contributed by atoms with E-state index < -0.39 is 121 Å². The third kappa shape index (κ3) is 25.7. The molecule has 36 nitrogen and oxygen atoms in total. The van der Waals surface area contributed by atoms with Crippen LogP contribution in [0, 0.1) is 11.8 Å². The number of aliphatic carboxylic acids is 1. The van der Waals surface area contributed by atoms with E-state index in [0.717, 1.165) is 95.3 Å². The smallest absolute Gasteiger partial charge is 0.332 e. The molecule has 0 bridgehead atoms. The average molecular weight is 1890 g/mol. The summed E-state index contributed by atoms with van der Waals surface area (Å²) in [6.45, 7) is 4.36. The molecule has 712 valence electrons. The number of carbonyl (C=O) groups is 12. The predicted octanol–water partition coefficient (Wildman–Crippen LogP) is 6.34. The molecule has 5 aliphatic rings. The van der Waals surface area contributed by atoms with Crippen LogP contribution in [0.4, 0.5) is 16.4 Å². The van der Waals surface area contributed by atoms with Gasteiger partial charge in [-0.2, -0.15) is 0 Å². The van der Waals surface area contributed by atoms with Crippen LogP contribution >= 0.6 is 23.5 Å². The number of likely N-dealkylation sites (tertiary alicyclic amines) is 1. The number of fused-ring (bicyclic) bond motifs is 2. The monoisotopic (exact) mass is 1890 g/mol. The summed E-state index contributed by atoms with van der Waals surface area (Å²) in [6, 6.07) is 47.1. The van der Waals surface area contributed by atoms with E-state index in [2.05, 4.69) is 76.1 Å². The van der Waals surface area contributed by atoms with Gasteiger partial charge >= 0.3 is 12.0 Å². The molecule has 4 aliphatic heterocycles. The van der Waals surface area contributed by atoms with Gasteiger partial charge in [-0.1, -0.05) is 138 Å². The van der Waals surface area contributed by atoms with Crippen LogP contribution in [-0.2, 0) is 90.8 Å². The van der Waals surface area contributed by atoms with Crippen molar-refractivity contribution in [1.82, 2.24) is 76.8 Å². The van der Waals surface area contributed by atoms with Crippen molar-refractivity contribution in [2.45, 2.75) is 123 Å². The number of carboxylic acids is 1. The highest BCUT2D eigenvalue weighted by Crippen LogP contribution is 2.46. The highest BCUT2D eigenvalue weighted by molar-refractivity contribution is 8.08. The van der Waals surface area contributed by atoms with E-state index in [9.17, 15) is 67.4 Å². The molecule has 3 saturated heterocycles. The highest BCUT2D eigenvalue weighted by Gasteiger charge is 2.46. The lowest BCUT2D eigenvalue weighted by atomic mass is 9.87. The largest absolute Gasteiger partial charge is 0.495 e. The molecule has 0 unspecified atom stereocenters. The number of piperidine rings is 2. The highest BCUT2D eigenvalue weighted by atomic mass is 32.2. The van der Waals surface area contributed by atoms with Crippen LogP contribution in [0.1, 0.15) is 94.0 Å². The summed E-state index contributed by atoms with van der Waals surface area (Å²) < 4.78 is 32.4. The van der Waals surface area contributed by atoms with Gasteiger partial charge in [-0.15, -0.1) is 0 Å². The van der Waals surface area contributed by atoms with Crippen LogP contribution in [0.3, 0.4) is 0 Å². The number of nitrogens with zero attached hydrogens (tertiary/aromatic N) is 8. The van der Waals surface area contributed by atoms with E-state index in [1.807, 2.05) is 121 Å². The minimum atomic E-state index is -1.43. The third-order valence-corrected chi connectivity index (χ3v) is 26.2. The van der Waals surface area contributed by atoms with Gasteiger partial charge in [-0.3, -0.25) is 67.3 Å². The second-order valence-electron chi connectivity index (χ2n) is 33.7. The van der Waals surface area contributed by atoms with Crippen LogP contribution in [0.5, 0.6) is 5.75 Å². The summed E-state index contributed by atoms with van der Waals surface area (Å²) in [4.78, 5) is 195. The standard InChI is InChI=1S/C98H109N17O19S2/c1-63(116)106-77(55-85(122)123)91(125)103-61-115-84(121)36-44-113(96(115)129)78-53-65(27-32-79(78)130-4)20-17-40-105-97(2)38-45-111(46-39-97)68-34-42-112(43-35-68)95-108-75-31-28-66(74-59-110(3)92(126)86-72(74)33-41-99-86)54-73(75)89(109-95)98(134-69-29-30-69,67-21-11-6-12-22-67)60-133-62-104-82(119)57-102-90(124)76(52-64-18-9-5-10-19-64)107-83(120)58-101-81(118)56-100-80(117)37-48-131-50-51-132-49-47-114-93(127)87(135-70-23-13-7-14-24-70)88(94(114)128)136-71-25-15-8-16-26-71/h5-16,18-19,21-28,31-33,41,53-54,59,68-69,76-77,99,105H,29-30,34-40,42-52,55-58,60-62H2,1-4H3,(H,100,117)(H,101,118)(H,102,124)(H,103,125)(H,104,119)(H,106,116)(H,107,120)(H,122,123)/t76-,77-,98-/m0/s1. The van der Waals surface area contributed by atoms with Crippen LogP contribution in [0.15, 0.2) is 201 Å². The number of urea groups is 1. The number of carbonyl (C=O) groups excluding carboxylic acids is 11.